The summed E-state index contributed by atoms with van der Waals surface area (Å²) in [6, 6.07) is 0.765. The van der Waals surface area contributed by atoms with Gasteiger partial charge >= 0.3 is 0 Å². The van der Waals surface area contributed by atoms with Crippen LogP contribution in [0.4, 0.5) is 0 Å². The number of nitrogens with zero attached hydrogens (tertiary/aromatic N) is 1. The van der Waals surface area contributed by atoms with E-state index in [9.17, 15) is 0 Å². The van der Waals surface area contributed by atoms with Crippen molar-refractivity contribution in [2.24, 2.45) is 0 Å². The molecule has 2 heteroatoms. The fourth-order valence-corrected chi connectivity index (χ4v) is 1.70. The molecule has 0 bridgehead atoms. The zero-order valence-corrected chi connectivity index (χ0v) is 8.12. The Hall–Kier alpha value is 0.250. The first-order chi connectivity index (χ1) is 4.74. The molecule has 0 N–H and O–H groups in total. The Morgan fingerprint density at radius 2 is 1.60 bits per heavy atom. The minimum Gasteiger partial charge on any atom is -0.311 e. The molecule has 0 aliphatic rings. The molecule has 0 aliphatic carbocycles. The lowest BCUT2D eigenvalue weighted by Crippen LogP contribution is -2.47. The molecule has 0 aromatic carbocycles. The number of rotatable bonds is 5. The standard InChI is InChI=1S/C8H19ClN/c1-4-7-10(5-2,6-3)8-9/h4-8H2,1-3H3/q+1. The molecule has 0 saturated carbocycles. The zero-order chi connectivity index (χ0) is 8.04. The third kappa shape index (κ3) is 2.47. The fraction of sp³-hybridized carbons (Fsp3) is 1.00. The van der Waals surface area contributed by atoms with Crippen molar-refractivity contribution < 1.29 is 4.48 Å². The van der Waals surface area contributed by atoms with Gasteiger partial charge in [0.2, 0.25) is 0 Å². The van der Waals surface area contributed by atoms with Gasteiger partial charge in [-0.3, -0.25) is 0 Å². The topological polar surface area (TPSA) is 0 Å². The second-order valence-corrected chi connectivity index (χ2v) is 3.06. The molecule has 10 heavy (non-hydrogen) atoms. The highest BCUT2D eigenvalue weighted by Crippen LogP contribution is 2.08. The number of hydrogen-bond donors (Lipinski definition) is 0. The van der Waals surface area contributed by atoms with Crippen molar-refractivity contribution in [2.45, 2.75) is 27.2 Å². The van der Waals surface area contributed by atoms with Gasteiger partial charge in [0.15, 0.2) is 6.00 Å². The Bertz CT molecular complexity index is 71.1. The number of alkyl halides is 1. The SMILES string of the molecule is CCC[N+](CC)(CC)CCl. The summed E-state index contributed by atoms with van der Waals surface area (Å²) >= 11 is 5.88. The van der Waals surface area contributed by atoms with Crippen LogP contribution in [0.1, 0.15) is 27.2 Å². The van der Waals surface area contributed by atoms with Gasteiger partial charge in [0.1, 0.15) is 0 Å². The van der Waals surface area contributed by atoms with E-state index in [1.54, 1.807) is 0 Å². The summed E-state index contributed by atoms with van der Waals surface area (Å²) in [5.41, 5.74) is 0. The first-order valence-electron chi connectivity index (χ1n) is 4.15. The van der Waals surface area contributed by atoms with Crippen LogP contribution in [0, 0.1) is 0 Å². The highest BCUT2D eigenvalue weighted by molar-refractivity contribution is 6.16. The summed E-state index contributed by atoms with van der Waals surface area (Å²) in [6.07, 6.45) is 1.23. The van der Waals surface area contributed by atoms with Crippen LogP contribution >= 0.6 is 11.6 Å². The van der Waals surface area contributed by atoms with Crippen LogP contribution in [0.3, 0.4) is 0 Å². The van der Waals surface area contributed by atoms with Gasteiger partial charge in [0.05, 0.1) is 19.6 Å². The van der Waals surface area contributed by atoms with E-state index in [0.717, 1.165) is 23.6 Å². The van der Waals surface area contributed by atoms with E-state index in [1.807, 2.05) is 0 Å². The van der Waals surface area contributed by atoms with Gasteiger partial charge in [-0.25, -0.2) is 0 Å². The molecule has 0 rings (SSSR count). The predicted octanol–water partition coefficient (Wildman–Crippen LogP) is 2.45. The fourth-order valence-electron chi connectivity index (χ4n) is 1.24. The summed E-state index contributed by atoms with van der Waals surface area (Å²) in [5.74, 6) is 0. The third-order valence-electron chi connectivity index (χ3n) is 2.29. The van der Waals surface area contributed by atoms with Gasteiger partial charge in [0, 0.05) is 0 Å². The Labute approximate surface area is 69.6 Å². The molecule has 0 aromatic heterocycles. The van der Waals surface area contributed by atoms with Crippen molar-refractivity contribution >= 4 is 11.6 Å². The van der Waals surface area contributed by atoms with Gasteiger partial charge < -0.3 is 4.48 Å². The summed E-state index contributed by atoms with van der Waals surface area (Å²) in [6.45, 7) is 10.2. The Balaban J connectivity index is 3.87. The molecule has 1 nitrogen and oxygen atoms in total. The summed E-state index contributed by atoms with van der Waals surface area (Å²) in [5, 5.41) is 0. The molecule has 0 atom stereocenters. The largest absolute Gasteiger partial charge is 0.311 e. The van der Waals surface area contributed by atoms with Gasteiger partial charge in [-0.15, -0.1) is 0 Å². The van der Waals surface area contributed by atoms with Crippen LogP contribution in [-0.4, -0.2) is 30.1 Å². The van der Waals surface area contributed by atoms with Crippen LogP contribution < -0.4 is 0 Å². The van der Waals surface area contributed by atoms with Gasteiger partial charge in [-0.2, -0.15) is 0 Å². The predicted molar refractivity (Wildman–Crippen MR) is 47.2 cm³/mol. The molecule has 0 heterocycles. The van der Waals surface area contributed by atoms with Gasteiger partial charge in [-0.1, -0.05) is 18.5 Å². The highest BCUT2D eigenvalue weighted by Gasteiger charge is 2.19. The molecular weight excluding hydrogens is 146 g/mol. The minimum absolute atomic E-state index is 0.765. The van der Waals surface area contributed by atoms with Gasteiger partial charge in [-0.05, 0) is 20.3 Å². The van der Waals surface area contributed by atoms with E-state index in [4.69, 9.17) is 11.6 Å². The first-order valence-corrected chi connectivity index (χ1v) is 4.69. The monoisotopic (exact) mass is 164 g/mol. The second kappa shape index (κ2) is 4.97. The molecule has 0 aromatic rings. The van der Waals surface area contributed by atoms with Crippen molar-refractivity contribution in [3.8, 4) is 0 Å². The normalized spacial score (nSPS) is 12.0. The molecule has 0 radical (unpaired) electrons. The van der Waals surface area contributed by atoms with Crippen LogP contribution in [0.5, 0.6) is 0 Å². The Morgan fingerprint density at radius 3 is 1.70 bits per heavy atom. The lowest BCUT2D eigenvalue weighted by molar-refractivity contribution is -0.914. The lowest BCUT2D eigenvalue weighted by atomic mass is 10.3. The average Bonchev–Trinajstić information content (AvgIpc) is 2.01. The Kier molecular flexibility index (Phi) is 5.10. The zero-order valence-electron chi connectivity index (χ0n) is 7.36. The maximum absolute atomic E-state index is 5.88. The maximum Gasteiger partial charge on any atom is 0.154 e. The van der Waals surface area contributed by atoms with Crippen molar-refractivity contribution in [2.75, 3.05) is 25.6 Å². The molecule has 0 spiro atoms. The van der Waals surface area contributed by atoms with E-state index in [1.165, 1.54) is 13.0 Å². The van der Waals surface area contributed by atoms with E-state index in [2.05, 4.69) is 20.8 Å². The molecule has 0 amide bonds. The molecule has 62 valence electrons. The van der Waals surface area contributed by atoms with Crippen LogP contribution in [0.25, 0.3) is 0 Å². The Morgan fingerprint density at radius 1 is 1.10 bits per heavy atom. The van der Waals surface area contributed by atoms with E-state index < -0.39 is 0 Å². The quantitative estimate of drug-likeness (QED) is 0.333. The summed E-state index contributed by atoms with van der Waals surface area (Å²) < 4.78 is 1.07. The number of halogens is 1. The van der Waals surface area contributed by atoms with Gasteiger partial charge in [0.25, 0.3) is 0 Å². The number of hydrogen-bond acceptors (Lipinski definition) is 0. The second-order valence-electron chi connectivity index (χ2n) is 2.82. The molecule has 0 unspecified atom stereocenters. The maximum atomic E-state index is 5.88. The smallest absolute Gasteiger partial charge is 0.154 e. The van der Waals surface area contributed by atoms with Crippen LogP contribution in [0.2, 0.25) is 0 Å². The first kappa shape index (κ1) is 10.2. The van der Waals surface area contributed by atoms with Crippen LogP contribution in [0.15, 0.2) is 0 Å². The van der Waals surface area contributed by atoms with Crippen molar-refractivity contribution in [1.82, 2.24) is 0 Å². The molecular formula is C8H19ClN+. The minimum atomic E-state index is 0.765. The molecule has 0 fully saturated rings. The van der Waals surface area contributed by atoms with Crippen molar-refractivity contribution in [3.05, 3.63) is 0 Å². The average molecular weight is 165 g/mol. The summed E-state index contributed by atoms with van der Waals surface area (Å²) in [7, 11) is 0. The third-order valence-corrected chi connectivity index (χ3v) is 2.80. The summed E-state index contributed by atoms with van der Waals surface area (Å²) in [4.78, 5) is 0. The molecule has 0 aliphatic heterocycles. The van der Waals surface area contributed by atoms with E-state index >= 15 is 0 Å². The highest BCUT2D eigenvalue weighted by atomic mass is 35.5. The molecule has 0 saturated heterocycles. The van der Waals surface area contributed by atoms with Crippen molar-refractivity contribution in [3.63, 3.8) is 0 Å². The van der Waals surface area contributed by atoms with E-state index in [-0.39, 0.29) is 0 Å². The van der Waals surface area contributed by atoms with Crippen molar-refractivity contribution in [1.29, 1.82) is 0 Å². The van der Waals surface area contributed by atoms with Crippen LogP contribution in [-0.2, 0) is 0 Å². The lowest BCUT2D eigenvalue weighted by Gasteiger charge is -2.34. The number of quaternary nitrogens is 1. The van der Waals surface area contributed by atoms with E-state index in [0.29, 0.717) is 0 Å².